The lowest BCUT2D eigenvalue weighted by atomic mass is 9.81. The first-order chi connectivity index (χ1) is 16.8. The first-order valence-electron chi connectivity index (χ1n) is 10.7. The molecule has 4 aromatic rings. The average molecular weight is 513 g/mol. The quantitative estimate of drug-likeness (QED) is 0.362. The zero-order valence-electron chi connectivity index (χ0n) is 19.2. The maximum absolute atomic E-state index is 13.2. The molecule has 2 heterocycles. The van der Waals surface area contributed by atoms with Gasteiger partial charge in [0.25, 0.3) is 11.5 Å². The Kier molecular flexibility index (Phi) is 7.23. The highest BCUT2D eigenvalue weighted by Crippen LogP contribution is 2.42. The van der Waals surface area contributed by atoms with Crippen LogP contribution in [0.4, 0.5) is 5.69 Å². The zero-order valence-corrected chi connectivity index (χ0v) is 20.7. The second-order valence-corrected chi connectivity index (χ2v) is 8.71. The number of methoxy groups -OCH3 is 1. The topological polar surface area (TPSA) is 99.2 Å². The molecule has 0 fully saturated rings. The lowest BCUT2D eigenvalue weighted by Gasteiger charge is -2.28. The Morgan fingerprint density at radius 1 is 1.09 bits per heavy atom. The van der Waals surface area contributed by atoms with Crippen LogP contribution in [0.5, 0.6) is 5.75 Å². The van der Waals surface area contributed by atoms with Gasteiger partial charge in [0.1, 0.15) is 17.8 Å². The molecule has 2 aromatic heterocycles. The summed E-state index contributed by atoms with van der Waals surface area (Å²) in [6.07, 6.45) is 2.60. The van der Waals surface area contributed by atoms with E-state index in [1.807, 2.05) is 43.3 Å². The van der Waals surface area contributed by atoms with Crippen LogP contribution in [0.15, 0.2) is 70.3 Å². The van der Waals surface area contributed by atoms with Crippen molar-refractivity contribution < 1.29 is 14.1 Å². The van der Waals surface area contributed by atoms with Crippen LogP contribution in [-0.2, 0) is 7.05 Å². The molecule has 0 aliphatic carbocycles. The number of anilines is 1. The first-order valence-corrected chi connectivity index (χ1v) is 11.4. The van der Waals surface area contributed by atoms with Gasteiger partial charge in [0.2, 0.25) is 5.75 Å². The van der Waals surface area contributed by atoms with E-state index in [4.69, 9.17) is 32.5 Å². The number of amides is 1. The van der Waals surface area contributed by atoms with Gasteiger partial charge in [-0.05, 0) is 23.3 Å². The Labute approximate surface area is 211 Å². The van der Waals surface area contributed by atoms with Gasteiger partial charge in [-0.15, -0.1) is 0 Å². The first kappa shape index (κ1) is 24.5. The second kappa shape index (κ2) is 10.3. The van der Waals surface area contributed by atoms with Crippen molar-refractivity contribution in [3.63, 3.8) is 0 Å². The van der Waals surface area contributed by atoms with Crippen molar-refractivity contribution in [3.05, 3.63) is 104 Å². The molecule has 0 bridgehead atoms. The predicted molar refractivity (Wildman–Crippen MR) is 134 cm³/mol. The molecule has 0 aliphatic rings. The van der Waals surface area contributed by atoms with Gasteiger partial charge in [0.05, 0.1) is 13.3 Å². The molecule has 2 aromatic carbocycles. The van der Waals surface area contributed by atoms with Gasteiger partial charge in [-0.2, -0.15) is 0 Å². The molecule has 1 unspecified atom stereocenters. The molecule has 0 spiro atoms. The molecule has 0 aliphatic heterocycles. The fraction of sp³-hybridized carbons (Fsp3) is 0.200. The van der Waals surface area contributed by atoms with Gasteiger partial charge in [-0.3, -0.25) is 14.2 Å². The third kappa shape index (κ3) is 4.80. The molecule has 0 saturated heterocycles. The Morgan fingerprint density at radius 3 is 2.20 bits per heavy atom. The summed E-state index contributed by atoms with van der Waals surface area (Å²) in [4.78, 5) is 30.9. The monoisotopic (exact) mass is 512 g/mol. The number of hydrogen-bond acceptors (Lipinski definition) is 6. The highest BCUT2D eigenvalue weighted by atomic mass is 35.5. The van der Waals surface area contributed by atoms with E-state index in [9.17, 15) is 9.59 Å². The Balaban J connectivity index is 1.89. The summed E-state index contributed by atoms with van der Waals surface area (Å²) in [6, 6.07) is 14.9. The Hall–Kier alpha value is -3.62. The van der Waals surface area contributed by atoms with Crippen molar-refractivity contribution in [3.8, 4) is 5.75 Å². The van der Waals surface area contributed by atoms with Gasteiger partial charge in [-0.1, -0.05) is 71.7 Å². The summed E-state index contributed by atoms with van der Waals surface area (Å²) < 4.78 is 11.4. The minimum Gasteiger partial charge on any atom is -0.489 e. The molecule has 4 rings (SSSR count). The normalized spacial score (nSPS) is 11.9. The molecule has 0 saturated carbocycles. The lowest BCUT2D eigenvalue weighted by Crippen LogP contribution is -2.31. The van der Waals surface area contributed by atoms with Crippen LogP contribution < -0.4 is 15.6 Å². The van der Waals surface area contributed by atoms with Gasteiger partial charge >= 0.3 is 0 Å². The average Bonchev–Trinajstić information content (AvgIpc) is 3.36. The maximum atomic E-state index is 13.2. The van der Waals surface area contributed by atoms with Gasteiger partial charge < -0.3 is 14.6 Å². The van der Waals surface area contributed by atoms with Crippen molar-refractivity contribution in [2.75, 3.05) is 12.4 Å². The summed E-state index contributed by atoms with van der Waals surface area (Å²) >= 11 is 13.2. The third-order valence-corrected chi connectivity index (χ3v) is 6.47. The largest absolute Gasteiger partial charge is 0.489 e. The molecule has 8 nitrogen and oxygen atoms in total. The molecule has 35 heavy (non-hydrogen) atoms. The van der Waals surface area contributed by atoms with Crippen molar-refractivity contribution >= 4 is 34.8 Å². The Morgan fingerprint density at radius 2 is 1.69 bits per heavy atom. The third-order valence-electron chi connectivity index (χ3n) is 5.78. The molecule has 1 amide bonds. The maximum Gasteiger partial charge on any atom is 0.296 e. The number of hydrogen-bond donors (Lipinski definition) is 1. The molecule has 1 atom stereocenters. The van der Waals surface area contributed by atoms with E-state index in [0.29, 0.717) is 21.6 Å². The summed E-state index contributed by atoms with van der Waals surface area (Å²) in [5, 5.41) is 7.27. The number of carbonyl (C=O) groups excluding carboxylic acids is 1. The number of benzene rings is 2. The van der Waals surface area contributed by atoms with Crippen molar-refractivity contribution in [2.45, 2.75) is 18.8 Å². The van der Waals surface area contributed by atoms with Crippen LogP contribution in [0, 0.1) is 0 Å². The number of halogens is 2. The minimum absolute atomic E-state index is 0.157. The summed E-state index contributed by atoms with van der Waals surface area (Å²) in [5.41, 5.74) is 1.29. The fourth-order valence-electron chi connectivity index (χ4n) is 4.11. The van der Waals surface area contributed by atoms with E-state index >= 15 is 0 Å². The molecular formula is C25H22Cl2N4O4. The molecule has 10 heteroatoms. The summed E-state index contributed by atoms with van der Waals surface area (Å²) in [7, 11) is 2.90. The lowest BCUT2D eigenvalue weighted by molar-refractivity contribution is 0.101. The number of nitrogens with zero attached hydrogens (tertiary/aromatic N) is 3. The van der Waals surface area contributed by atoms with E-state index in [1.165, 1.54) is 24.1 Å². The molecule has 0 radical (unpaired) electrons. The van der Waals surface area contributed by atoms with E-state index in [0.717, 1.165) is 11.1 Å². The van der Waals surface area contributed by atoms with E-state index < -0.39 is 17.4 Å². The van der Waals surface area contributed by atoms with Crippen LogP contribution in [0.2, 0.25) is 10.0 Å². The SMILES string of the molecule is COc1c(C(=O)Nc2cnoc2)nc(C(C)C(c2ccccc2Cl)c2ccccc2Cl)n(C)c1=O. The standard InChI is InChI=1S/C25H22Cl2N4O4/c1-14(20(16-8-4-6-10-18(16)26)17-9-5-7-11-19(17)27)23-30-21(22(34-3)25(33)31(23)2)24(32)29-15-12-28-35-13-15/h4-14,20H,1-3H3,(H,29,32). The van der Waals surface area contributed by atoms with Crippen LogP contribution in [0.3, 0.4) is 0 Å². The number of ether oxygens (including phenoxy) is 1. The zero-order chi connectivity index (χ0) is 25.1. The van der Waals surface area contributed by atoms with Gasteiger partial charge in [0.15, 0.2) is 5.69 Å². The van der Waals surface area contributed by atoms with Crippen LogP contribution in [-0.4, -0.2) is 27.7 Å². The number of rotatable bonds is 7. The van der Waals surface area contributed by atoms with Crippen molar-refractivity contribution in [1.29, 1.82) is 0 Å². The Bertz CT molecular complexity index is 1370. The fourth-order valence-corrected chi connectivity index (χ4v) is 4.62. The van der Waals surface area contributed by atoms with Gasteiger partial charge in [0, 0.05) is 28.9 Å². The van der Waals surface area contributed by atoms with Crippen molar-refractivity contribution in [2.24, 2.45) is 7.05 Å². The van der Waals surface area contributed by atoms with E-state index in [-0.39, 0.29) is 17.4 Å². The van der Waals surface area contributed by atoms with Crippen molar-refractivity contribution in [1.82, 2.24) is 14.7 Å². The predicted octanol–water partition coefficient (Wildman–Crippen LogP) is 5.27. The number of aromatic nitrogens is 3. The highest BCUT2D eigenvalue weighted by molar-refractivity contribution is 6.32. The molecule has 1 N–H and O–H groups in total. The van der Waals surface area contributed by atoms with E-state index in [1.54, 1.807) is 19.2 Å². The van der Waals surface area contributed by atoms with Gasteiger partial charge in [-0.25, -0.2) is 4.98 Å². The van der Waals surface area contributed by atoms with E-state index in [2.05, 4.69) is 15.5 Å². The van der Waals surface area contributed by atoms with Crippen LogP contribution in [0.1, 0.15) is 46.2 Å². The minimum atomic E-state index is -0.636. The second-order valence-electron chi connectivity index (χ2n) is 7.89. The summed E-state index contributed by atoms with van der Waals surface area (Å²) in [5.74, 6) is -1.23. The highest BCUT2D eigenvalue weighted by Gasteiger charge is 2.31. The summed E-state index contributed by atoms with van der Waals surface area (Å²) in [6.45, 7) is 1.91. The van der Waals surface area contributed by atoms with Crippen LogP contribution in [0.25, 0.3) is 0 Å². The smallest absolute Gasteiger partial charge is 0.296 e. The molecular weight excluding hydrogens is 491 g/mol. The number of nitrogens with one attached hydrogen (secondary N) is 1. The molecule has 180 valence electrons. The van der Waals surface area contributed by atoms with Crippen LogP contribution >= 0.6 is 23.2 Å². The number of carbonyl (C=O) groups is 1.